The Balaban J connectivity index is 1.31. The van der Waals surface area contributed by atoms with Gasteiger partial charge in [-0.25, -0.2) is 4.98 Å². The van der Waals surface area contributed by atoms with Crippen molar-refractivity contribution in [3.05, 3.63) is 113 Å². The smallest absolute Gasteiger partial charge is 0.252 e. The first-order chi connectivity index (χ1) is 17.3. The minimum absolute atomic E-state index is 0.0652. The quantitative estimate of drug-likeness (QED) is 0.303. The summed E-state index contributed by atoms with van der Waals surface area (Å²) in [6.45, 7) is 0. The van der Waals surface area contributed by atoms with Gasteiger partial charge in [0.2, 0.25) is 0 Å². The maximum atomic E-state index is 13.5. The maximum Gasteiger partial charge on any atom is 0.252 e. The number of hydrogen-bond donors (Lipinski definition) is 3. The zero-order valence-electron chi connectivity index (χ0n) is 18.5. The summed E-state index contributed by atoms with van der Waals surface area (Å²) in [5, 5.41) is 4.12. The average Bonchev–Trinajstić information content (AvgIpc) is 3.70. The van der Waals surface area contributed by atoms with Crippen LogP contribution >= 0.6 is 11.3 Å². The largest absolute Gasteiger partial charge is 0.416 e. The fourth-order valence-corrected chi connectivity index (χ4v) is 6.13. The number of rotatable bonds is 4. The Labute approximate surface area is 205 Å². The fraction of sp³-hybridized carbons (Fsp3) is 0.0714. The molecular weight excluding hydrogens is 456 g/mol. The molecule has 0 bridgehead atoms. The zero-order chi connectivity index (χ0) is 23.4. The monoisotopic (exact) mass is 476 g/mol. The molecule has 5 aromatic rings. The van der Waals surface area contributed by atoms with E-state index in [1.165, 1.54) is 20.9 Å². The molecule has 2 atom stereocenters. The van der Waals surface area contributed by atoms with Crippen molar-refractivity contribution in [1.29, 1.82) is 0 Å². The van der Waals surface area contributed by atoms with Crippen LogP contribution in [0.3, 0.4) is 0 Å². The minimum Gasteiger partial charge on any atom is -0.416 e. The van der Waals surface area contributed by atoms with E-state index in [0.717, 1.165) is 22.1 Å². The second-order valence-electron chi connectivity index (χ2n) is 8.61. The van der Waals surface area contributed by atoms with E-state index in [1.54, 1.807) is 36.1 Å². The molecule has 1 aliphatic carbocycles. The van der Waals surface area contributed by atoms with Gasteiger partial charge in [0.15, 0.2) is 0 Å². The summed E-state index contributed by atoms with van der Waals surface area (Å²) in [6.07, 6.45) is 7.15. The van der Waals surface area contributed by atoms with Crippen molar-refractivity contribution in [2.75, 3.05) is 0 Å². The number of carbonyl (C=O) groups excluding carboxylic acids is 1. The van der Waals surface area contributed by atoms with Crippen LogP contribution in [0.2, 0.25) is 0 Å². The summed E-state index contributed by atoms with van der Waals surface area (Å²) < 4.78 is 0. The van der Waals surface area contributed by atoms with Crippen LogP contribution in [0.1, 0.15) is 38.4 Å². The third kappa shape index (κ3) is 3.20. The van der Waals surface area contributed by atoms with Crippen molar-refractivity contribution >= 4 is 28.3 Å². The van der Waals surface area contributed by atoms with Crippen molar-refractivity contribution in [2.24, 2.45) is 0 Å². The van der Waals surface area contributed by atoms with Gasteiger partial charge in [0.1, 0.15) is 11.9 Å². The molecule has 1 aliphatic heterocycles. The number of hydroxylamine groups is 1. The van der Waals surface area contributed by atoms with Gasteiger partial charge >= 0.3 is 0 Å². The van der Waals surface area contributed by atoms with Crippen molar-refractivity contribution in [2.45, 2.75) is 12.1 Å². The molecular formula is C28H20N4O2S. The molecule has 35 heavy (non-hydrogen) atoms. The highest BCUT2D eigenvalue weighted by Crippen LogP contribution is 2.49. The predicted octanol–water partition coefficient (Wildman–Crippen LogP) is 5.88. The Morgan fingerprint density at radius 2 is 1.86 bits per heavy atom. The predicted molar refractivity (Wildman–Crippen MR) is 137 cm³/mol. The van der Waals surface area contributed by atoms with E-state index in [1.807, 2.05) is 18.2 Å². The number of benzene rings is 2. The zero-order valence-corrected chi connectivity index (χ0v) is 19.3. The molecule has 2 aromatic carbocycles. The highest BCUT2D eigenvalue weighted by atomic mass is 32.1. The van der Waals surface area contributed by atoms with Crippen LogP contribution in [0.4, 0.5) is 0 Å². The van der Waals surface area contributed by atoms with Gasteiger partial charge < -0.3 is 15.1 Å². The number of nitrogens with one attached hydrogen (secondary N) is 3. The molecule has 0 saturated heterocycles. The molecule has 1 amide bonds. The van der Waals surface area contributed by atoms with E-state index < -0.39 is 0 Å². The number of aromatic nitrogens is 2. The number of thiophene rings is 1. The van der Waals surface area contributed by atoms with Gasteiger partial charge in [0.25, 0.3) is 5.91 Å². The van der Waals surface area contributed by atoms with E-state index in [-0.39, 0.29) is 18.0 Å². The summed E-state index contributed by atoms with van der Waals surface area (Å²) in [4.78, 5) is 28.4. The van der Waals surface area contributed by atoms with Gasteiger partial charge in [-0.05, 0) is 58.2 Å². The number of aromatic amines is 1. The van der Waals surface area contributed by atoms with Crippen LogP contribution < -0.4 is 10.8 Å². The van der Waals surface area contributed by atoms with Crippen LogP contribution in [0.15, 0.2) is 91.5 Å². The standard InChI is InChI=1S/C28H20N4O2S/c33-28(19-11-14-30-27-18(19)10-13-29-27)31-26-17-5-2-1-4-16(17)25-20(6-3-7-21(25)26)23-8-9-24(35-23)22-12-15-34-32-22/h1-15,22,26,32H,(H,29,30)(H,31,33). The lowest BCUT2D eigenvalue weighted by atomic mass is 9.98. The highest BCUT2D eigenvalue weighted by molar-refractivity contribution is 7.15. The first kappa shape index (κ1) is 20.2. The molecule has 0 saturated carbocycles. The summed E-state index contributed by atoms with van der Waals surface area (Å²) >= 11 is 1.75. The summed E-state index contributed by atoms with van der Waals surface area (Å²) in [5.41, 5.74) is 10.0. The molecule has 170 valence electrons. The third-order valence-corrected chi connectivity index (χ3v) is 7.86. The average molecular weight is 477 g/mol. The molecule has 0 spiro atoms. The van der Waals surface area contributed by atoms with E-state index in [2.05, 4.69) is 69.3 Å². The van der Waals surface area contributed by atoms with E-state index in [4.69, 9.17) is 4.84 Å². The Morgan fingerprint density at radius 3 is 2.77 bits per heavy atom. The molecule has 6 nitrogen and oxygen atoms in total. The van der Waals surface area contributed by atoms with Crippen LogP contribution in [-0.2, 0) is 4.84 Å². The molecule has 2 aliphatic rings. The number of carbonyl (C=O) groups is 1. The Bertz CT molecular complexity index is 1630. The Kier molecular flexibility index (Phi) is 4.58. The van der Waals surface area contributed by atoms with Gasteiger partial charge in [-0.3, -0.25) is 4.79 Å². The Morgan fingerprint density at radius 1 is 0.971 bits per heavy atom. The van der Waals surface area contributed by atoms with Gasteiger partial charge in [-0.1, -0.05) is 42.5 Å². The third-order valence-electron chi connectivity index (χ3n) is 6.66. The highest BCUT2D eigenvalue weighted by Gasteiger charge is 2.32. The second-order valence-corrected chi connectivity index (χ2v) is 9.72. The van der Waals surface area contributed by atoms with Crippen molar-refractivity contribution < 1.29 is 9.63 Å². The minimum atomic E-state index is -0.233. The van der Waals surface area contributed by atoms with E-state index in [9.17, 15) is 4.79 Å². The van der Waals surface area contributed by atoms with Gasteiger partial charge in [0.05, 0.1) is 17.6 Å². The Hall–Kier alpha value is -4.20. The topological polar surface area (TPSA) is 79.0 Å². The molecule has 3 N–H and O–H groups in total. The molecule has 0 radical (unpaired) electrons. The lowest BCUT2D eigenvalue weighted by Crippen LogP contribution is -2.28. The van der Waals surface area contributed by atoms with Crippen molar-refractivity contribution in [1.82, 2.24) is 20.8 Å². The normalized spacial score (nSPS) is 17.8. The summed E-state index contributed by atoms with van der Waals surface area (Å²) in [7, 11) is 0. The van der Waals surface area contributed by atoms with Crippen molar-refractivity contribution in [3.63, 3.8) is 0 Å². The molecule has 4 heterocycles. The summed E-state index contributed by atoms with van der Waals surface area (Å²) in [5.74, 6) is -0.118. The lowest BCUT2D eigenvalue weighted by Gasteiger charge is -2.17. The van der Waals surface area contributed by atoms with Crippen LogP contribution in [0.5, 0.6) is 0 Å². The number of H-pyrrole nitrogens is 1. The molecule has 7 rings (SSSR count). The van der Waals surface area contributed by atoms with Crippen LogP contribution in [-0.4, -0.2) is 15.9 Å². The number of pyridine rings is 1. The summed E-state index contributed by atoms with van der Waals surface area (Å²) in [6, 6.07) is 22.5. The van der Waals surface area contributed by atoms with E-state index in [0.29, 0.717) is 11.2 Å². The van der Waals surface area contributed by atoms with Gasteiger partial charge in [-0.2, -0.15) is 0 Å². The lowest BCUT2D eigenvalue weighted by molar-refractivity contribution is 0.0945. The van der Waals surface area contributed by atoms with E-state index >= 15 is 0 Å². The SMILES string of the molecule is O=C(NC1c2ccccc2-c2c(-c3ccc(C4C=CON4)s3)cccc21)c1ccnc2[nH]ccc12. The molecule has 0 fully saturated rings. The first-order valence-corrected chi connectivity index (χ1v) is 12.2. The number of amides is 1. The number of fused-ring (bicyclic) bond motifs is 4. The number of hydrogen-bond acceptors (Lipinski definition) is 5. The number of nitrogens with zero attached hydrogens (tertiary/aromatic N) is 1. The fourth-order valence-electron chi connectivity index (χ4n) is 5.07. The van der Waals surface area contributed by atoms with Gasteiger partial charge in [-0.15, -0.1) is 16.8 Å². The van der Waals surface area contributed by atoms with Crippen LogP contribution in [0.25, 0.3) is 32.6 Å². The van der Waals surface area contributed by atoms with Crippen LogP contribution in [0, 0.1) is 0 Å². The first-order valence-electron chi connectivity index (χ1n) is 11.4. The second kappa shape index (κ2) is 7.94. The van der Waals surface area contributed by atoms with Crippen molar-refractivity contribution in [3.8, 4) is 21.6 Å². The molecule has 7 heteroatoms. The molecule has 2 unspecified atom stereocenters. The molecule has 3 aromatic heterocycles. The maximum absolute atomic E-state index is 13.5. The van der Waals surface area contributed by atoms with Gasteiger partial charge in [0, 0.05) is 27.5 Å².